The fourth-order valence-electron chi connectivity index (χ4n) is 2.59. The molecule has 3 nitrogen and oxygen atoms in total. The van der Waals surface area contributed by atoms with Gasteiger partial charge in [-0.2, -0.15) is 0 Å². The summed E-state index contributed by atoms with van der Waals surface area (Å²) in [5.41, 5.74) is 8.33. The molecule has 1 aliphatic rings. The van der Waals surface area contributed by atoms with E-state index in [-0.39, 0.29) is 0 Å². The van der Waals surface area contributed by atoms with Crippen LogP contribution in [0, 0.1) is 5.41 Å². The largest absolute Gasteiger partial charge is 0.492 e. The van der Waals surface area contributed by atoms with Gasteiger partial charge in [-0.3, -0.25) is 0 Å². The predicted octanol–water partition coefficient (Wildman–Crippen LogP) is 3.66. The van der Waals surface area contributed by atoms with E-state index in [1.165, 1.54) is 25.7 Å². The monoisotopic (exact) mass is 248 g/mol. The van der Waals surface area contributed by atoms with Crippen molar-refractivity contribution in [1.82, 2.24) is 0 Å². The molecule has 100 valence electrons. The van der Waals surface area contributed by atoms with E-state index in [0.717, 1.165) is 23.7 Å². The van der Waals surface area contributed by atoms with E-state index in [0.29, 0.717) is 12.0 Å². The molecule has 1 aliphatic carbocycles. The average molecular weight is 248 g/mol. The SMILES string of the molecule is CCOc1cccc(NCC2(CC)CCC2)c1N. The van der Waals surface area contributed by atoms with Crippen molar-refractivity contribution in [2.75, 3.05) is 24.2 Å². The second-order valence-corrected chi connectivity index (χ2v) is 5.21. The van der Waals surface area contributed by atoms with Crippen LogP contribution in [0.2, 0.25) is 0 Å². The minimum Gasteiger partial charge on any atom is -0.492 e. The quantitative estimate of drug-likeness (QED) is 0.755. The van der Waals surface area contributed by atoms with E-state index in [2.05, 4.69) is 12.2 Å². The zero-order chi connectivity index (χ0) is 13.0. The summed E-state index contributed by atoms with van der Waals surface area (Å²) in [6, 6.07) is 5.94. The van der Waals surface area contributed by atoms with E-state index in [9.17, 15) is 0 Å². The molecule has 0 saturated heterocycles. The van der Waals surface area contributed by atoms with Gasteiger partial charge in [0.15, 0.2) is 0 Å². The van der Waals surface area contributed by atoms with E-state index in [4.69, 9.17) is 10.5 Å². The summed E-state index contributed by atoms with van der Waals surface area (Å²) in [5.74, 6) is 0.779. The molecule has 0 unspecified atom stereocenters. The first-order valence-electron chi connectivity index (χ1n) is 6.96. The first kappa shape index (κ1) is 13.1. The molecule has 0 heterocycles. The molecule has 2 rings (SSSR count). The number of ether oxygens (including phenoxy) is 1. The maximum absolute atomic E-state index is 6.11. The molecule has 0 spiro atoms. The molecule has 18 heavy (non-hydrogen) atoms. The van der Waals surface area contributed by atoms with Gasteiger partial charge in [0.2, 0.25) is 0 Å². The van der Waals surface area contributed by atoms with Gasteiger partial charge >= 0.3 is 0 Å². The first-order chi connectivity index (χ1) is 8.71. The van der Waals surface area contributed by atoms with Crippen molar-refractivity contribution in [2.24, 2.45) is 5.41 Å². The Morgan fingerprint density at radius 3 is 2.67 bits per heavy atom. The summed E-state index contributed by atoms with van der Waals surface area (Å²) < 4.78 is 5.51. The van der Waals surface area contributed by atoms with Crippen molar-refractivity contribution in [3.63, 3.8) is 0 Å². The molecular weight excluding hydrogens is 224 g/mol. The van der Waals surface area contributed by atoms with Gasteiger partial charge in [-0.15, -0.1) is 0 Å². The molecule has 0 bridgehead atoms. The number of hydrogen-bond donors (Lipinski definition) is 2. The Balaban J connectivity index is 2.02. The Morgan fingerprint density at radius 2 is 2.11 bits per heavy atom. The van der Waals surface area contributed by atoms with Gasteiger partial charge in [0.05, 0.1) is 18.0 Å². The lowest BCUT2D eigenvalue weighted by atomic mass is 9.67. The van der Waals surface area contributed by atoms with Crippen LogP contribution in [0.1, 0.15) is 39.5 Å². The third-order valence-electron chi connectivity index (χ3n) is 4.18. The second-order valence-electron chi connectivity index (χ2n) is 5.21. The normalized spacial score (nSPS) is 17.0. The highest BCUT2D eigenvalue weighted by molar-refractivity contribution is 5.72. The number of nitrogens with one attached hydrogen (secondary N) is 1. The van der Waals surface area contributed by atoms with Crippen LogP contribution in [0.25, 0.3) is 0 Å². The van der Waals surface area contributed by atoms with E-state index in [1.54, 1.807) is 0 Å². The van der Waals surface area contributed by atoms with Crippen molar-refractivity contribution in [2.45, 2.75) is 39.5 Å². The van der Waals surface area contributed by atoms with Crippen molar-refractivity contribution in [1.29, 1.82) is 0 Å². The minimum absolute atomic E-state index is 0.494. The molecule has 0 aliphatic heterocycles. The molecule has 0 aromatic heterocycles. The Hall–Kier alpha value is -1.38. The van der Waals surface area contributed by atoms with Gasteiger partial charge < -0.3 is 15.8 Å². The van der Waals surface area contributed by atoms with Gasteiger partial charge in [0.1, 0.15) is 5.75 Å². The van der Waals surface area contributed by atoms with Crippen LogP contribution in [0.5, 0.6) is 5.75 Å². The standard InChI is InChI=1S/C15H24N2O/c1-3-15(9-6-10-15)11-17-12-7-5-8-13(14(12)16)18-4-2/h5,7-8,17H,3-4,6,9-11,16H2,1-2H3. The van der Waals surface area contributed by atoms with Crippen molar-refractivity contribution in [3.8, 4) is 5.75 Å². The summed E-state index contributed by atoms with van der Waals surface area (Å²) in [6.07, 6.45) is 5.28. The van der Waals surface area contributed by atoms with Gasteiger partial charge in [-0.05, 0) is 43.7 Å². The summed E-state index contributed by atoms with van der Waals surface area (Å²) >= 11 is 0. The Bertz CT molecular complexity index is 394. The topological polar surface area (TPSA) is 47.3 Å². The molecule has 0 radical (unpaired) electrons. The van der Waals surface area contributed by atoms with Crippen LogP contribution in [0.4, 0.5) is 11.4 Å². The maximum Gasteiger partial charge on any atom is 0.144 e. The minimum atomic E-state index is 0.494. The number of nitrogen functional groups attached to an aromatic ring is 1. The van der Waals surface area contributed by atoms with Crippen molar-refractivity contribution in [3.05, 3.63) is 18.2 Å². The molecule has 3 N–H and O–H groups in total. The summed E-state index contributed by atoms with van der Waals surface area (Å²) in [4.78, 5) is 0. The molecule has 0 atom stereocenters. The van der Waals surface area contributed by atoms with Crippen LogP contribution in [-0.2, 0) is 0 Å². The molecule has 1 aromatic carbocycles. The van der Waals surface area contributed by atoms with Crippen molar-refractivity contribution >= 4 is 11.4 Å². The molecule has 0 amide bonds. The molecule has 1 fully saturated rings. The Labute approximate surface area is 110 Å². The lowest BCUT2D eigenvalue weighted by molar-refractivity contribution is 0.145. The van der Waals surface area contributed by atoms with Gasteiger partial charge in [0, 0.05) is 6.54 Å². The smallest absolute Gasteiger partial charge is 0.144 e. The Morgan fingerprint density at radius 1 is 1.33 bits per heavy atom. The van der Waals surface area contributed by atoms with Crippen LogP contribution in [0.3, 0.4) is 0 Å². The lowest BCUT2D eigenvalue weighted by Gasteiger charge is -2.41. The predicted molar refractivity (Wildman–Crippen MR) is 77.1 cm³/mol. The van der Waals surface area contributed by atoms with E-state index >= 15 is 0 Å². The summed E-state index contributed by atoms with van der Waals surface area (Å²) in [7, 11) is 0. The third-order valence-corrected chi connectivity index (χ3v) is 4.18. The fourth-order valence-corrected chi connectivity index (χ4v) is 2.59. The van der Waals surface area contributed by atoms with Crippen LogP contribution in [-0.4, -0.2) is 13.2 Å². The van der Waals surface area contributed by atoms with Crippen LogP contribution in [0.15, 0.2) is 18.2 Å². The van der Waals surface area contributed by atoms with Gasteiger partial charge in [0.25, 0.3) is 0 Å². The first-order valence-corrected chi connectivity index (χ1v) is 6.96. The maximum atomic E-state index is 6.11. The zero-order valence-corrected chi connectivity index (χ0v) is 11.5. The number of benzene rings is 1. The summed E-state index contributed by atoms with van der Waals surface area (Å²) in [5, 5.41) is 3.50. The van der Waals surface area contributed by atoms with E-state index in [1.807, 2.05) is 25.1 Å². The van der Waals surface area contributed by atoms with Crippen LogP contribution >= 0.6 is 0 Å². The number of rotatable bonds is 6. The molecule has 1 saturated carbocycles. The fraction of sp³-hybridized carbons (Fsp3) is 0.600. The highest BCUT2D eigenvalue weighted by atomic mass is 16.5. The number of nitrogens with two attached hydrogens (primary N) is 1. The van der Waals surface area contributed by atoms with Gasteiger partial charge in [-0.25, -0.2) is 0 Å². The molecule has 3 heteroatoms. The highest BCUT2D eigenvalue weighted by Crippen LogP contribution is 2.44. The van der Waals surface area contributed by atoms with Gasteiger partial charge in [-0.1, -0.05) is 19.4 Å². The second kappa shape index (κ2) is 5.51. The molecule has 1 aromatic rings. The molecular formula is C15H24N2O. The number of anilines is 2. The zero-order valence-electron chi connectivity index (χ0n) is 11.5. The van der Waals surface area contributed by atoms with Crippen LogP contribution < -0.4 is 15.8 Å². The lowest BCUT2D eigenvalue weighted by Crippen LogP contribution is -2.36. The number of para-hydroxylation sites is 1. The third kappa shape index (κ3) is 2.55. The number of hydrogen-bond acceptors (Lipinski definition) is 3. The van der Waals surface area contributed by atoms with E-state index < -0.39 is 0 Å². The Kier molecular flexibility index (Phi) is 4.00. The average Bonchev–Trinajstić information content (AvgIpc) is 2.33. The highest BCUT2D eigenvalue weighted by Gasteiger charge is 2.34. The van der Waals surface area contributed by atoms with Crippen molar-refractivity contribution < 1.29 is 4.74 Å². The summed E-state index contributed by atoms with van der Waals surface area (Å²) in [6.45, 7) is 5.91.